The number of benzene rings is 2. The number of nitrogens with two attached hydrogens (primary N) is 1. The lowest BCUT2D eigenvalue weighted by Gasteiger charge is -2.20. The van der Waals surface area contributed by atoms with Crippen LogP contribution in [0.1, 0.15) is 18.5 Å². The first-order valence-corrected chi connectivity index (χ1v) is 7.31. The number of carbonyl (C=O) groups is 1. The van der Waals surface area contributed by atoms with Crippen molar-refractivity contribution in [3.8, 4) is 0 Å². The first kappa shape index (κ1) is 15.8. The summed E-state index contributed by atoms with van der Waals surface area (Å²) in [4.78, 5) is 12.3. The molecular formula is C16H16Cl2N2O. The molecule has 0 aliphatic carbocycles. The van der Waals surface area contributed by atoms with E-state index < -0.39 is 12.0 Å². The lowest BCUT2D eigenvalue weighted by atomic mass is 9.94. The summed E-state index contributed by atoms with van der Waals surface area (Å²) in [5, 5.41) is 3.54. The fraction of sp³-hybridized carbons (Fsp3) is 0.188. The van der Waals surface area contributed by atoms with Gasteiger partial charge < -0.3 is 11.1 Å². The summed E-state index contributed by atoms with van der Waals surface area (Å²) in [7, 11) is 0. The maximum Gasteiger partial charge on any atom is 0.229 e. The van der Waals surface area contributed by atoms with Crippen LogP contribution in [-0.4, -0.2) is 5.91 Å². The van der Waals surface area contributed by atoms with Crippen molar-refractivity contribution in [1.29, 1.82) is 0 Å². The van der Waals surface area contributed by atoms with Crippen molar-refractivity contribution in [3.63, 3.8) is 0 Å². The predicted molar refractivity (Wildman–Crippen MR) is 87.6 cm³/mol. The van der Waals surface area contributed by atoms with Crippen LogP contribution in [0.25, 0.3) is 0 Å². The Labute approximate surface area is 134 Å². The summed E-state index contributed by atoms with van der Waals surface area (Å²) in [6.45, 7) is 1.78. The fourth-order valence-corrected chi connectivity index (χ4v) is 2.47. The summed E-state index contributed by atoms with van der Waals surface area (Å²) >= 11 is 12.1. The van der Waals surface area contributed by atoms with Crippen molar-refractivity contribution in [2.75, 3.05) is 5.32 Å². The lowest BCUT2D eigenvalue weighted by Crippen LogP contribution is -2.30. The number of hydrogen-bond donors (Lipinski definition) is 2. The van der Waals surface area contributed by atoms with Gasteiger partial charge in [-0.1, -0.05) is 66.5 Å². The highest BCUT2D eigenvalue weighted by molar-refractivity contribution is 6.39. The molecule has 2 atom stereocenters. The van der Waals surface area contributed by atoms with Crippen LogP contribution in [0, 0.1) is 5.92 Å². The minimum absolute atomic E-state index is 0.221. The molecule has 2 rings (SSSR count). The van der Waals surface area contributed by atoms with Crippen LogP contribution in [0.3, 0.4) is 0 Å². The van der Waals surface area contributed by atoms with Crippen LogP contribution < -0.4 is 11.1 Å². The quantitative estimate of drug-likeness (QED) is 0.883. The minimum Gasteiger partial charge on any atom is -0.323 e. The van der Waals surface area contributed by atoms with Crippen molar-refractivity contribution in [2.24, 2.45) is 11.7 Å². The van der Waals surface area contributed by atoms with Crippen LogP contribution in [0.5, 0.6) is 0 Å². The third kappa shape index (κ3) is 3.76. The van der Waals surface area contributed by atoms with E-state index in [1.165, 1.54) is 0 Å². The standard InChI is InChI=1S/C16H16Cl2N2O/c1-10(14(19)11-6-3-2-4-7-11)16(21)20-15-12(17)8-5-9-13(15)18/h2-10,14H,19H2,1H3,(H,20,21). The second-order valence-corrected chi connectivity index (χ2v) is 5.63. The molecule has 2 aromatic rings. The molecule has 0 bridgehead atoms. The van der Waals surface area contributed by atoms with Crippen LogP contribution >= 0.6 is 23.2 Å². The van der Waals surface area contributed by atoms with Gasteiger partial charge in [0.05, 0.1) is 21.7 Å². The molecule has 0 aliphatic heterocycles. The number of para-hydroxylation sites is 1. The molecule has 0 fully saturated rings. The highest BCUT2D eigenvalue weighted by Gasteiger charge is 2.23. The zero-order valence-corrected chi connectivity index (χ0v) is 13.0. The van der Waals surface area contributed by atoms with Gasteiger partial charge in [0.15, 0.2) is 0 Å². The first-order valence-electron chi connectivity index (χ1n) is 6.56. The van der Waals surface area contributed by atoms with E-state index in [0.29, 0.717) is 15.7 Å². The number of carbonyl (C=O) groups excluding carboxylic acids is 1. The monoisotopic (exact) mass is 322 g/mol. The molecule has 21 heavy (non-hydrogen) atoms. The number of amides is 1. The van der Waals surface area contributed by atoms with Gasteiger partial charge in [0.1, 0.15) is 0 Å². The van der Waals surface area contributed by atoms with Gasteiger partial charge in [0.25, 0.3) is 0 Å². The van der Waals surface area contributed by atoms with Crippen molar-refractivity contribution in [2.45, 2.75) is 13.0 Å². The van der Waals surface area contributed by atoms with Crippen LogP contribution in [-0.2, 0) is 4.79 Å². The van der Waals surface area contributed by atoms with Gasteiger partial charge in [-0.2, -0.15) is 0 Å². The van der Waals surface area contributed by atoms with Crippen LogP contribution in [0.4, 0.5) is 5.69 Å². The van der Waals surface area contributed by atoms with E-state index in [9.17, 15) is 4.79 Å². The summed E-state index contributed by atoms with van der Waals surface area (Å²) < 4.78 is 0. The van der Waals surface area contributed by atoms with Gasteiger partial charge in [-0.05, 0) is 17.7 Å². The van der Waals surface area contributed by atoms with Crippen molar-refractivity contribution < 1.29 is 4.79 Å². The highest BCUT2D eigenvalue weighted by Crippen LogP contribution is 2.31. The van der Waals surface area contributed by atoms with Gasteiger partial charge in [-0.25, -0.2) is 0 Å². The summed E-state index contributed by atoms with van der Waals surface area (Å²) in [5.41, 5.74) is 7.46. The number of halogens is 2. The topological polar surface area (TPSA) is 55.1 Å². The van der Waals surface area contributed by atoms with Gasteiger partial charge >= 0.3 is 0 Å². The Balaban J connectivity index is 2.13. The largest absolute Gasteiger partial charge is 0.323 e. The number of hydrogen-bond acceptors (Lipinski definition) is 2. The van der Waals surface area contributed by atoms with Crippen molar-refractivity contribution in [1.82, 2.24) is 0 Å². The van der Waals surface area contributed by atoms with E-state index in [4.69, 9.17) is 28.9 Å². The molecular weight excluding hydrogens is 307 g/mol. The smallest absolute Gasteiger partial charge is 0.229 e. The molecule has 2 aromatic carbocycles. The van der Waals surface area contributed by atoms with E-state index in [0.717, 1.165) is 5.56 Å². The van der Waals surface area contributed by atoms with E-state index in [2.05, 4.69) is 5.32 Å². The zero-order chi connectivity index (χ0) is 15.4. The van der Waals surface area contributed by atoms with Gasteiger partial charge in [-0.3, -0.25) is 4.79 Å². The van der Waals surface area contributed by atoms with Crippen molar-refractivity contribution in [3.05, 3.63) is 64.1 Å². The summed E-state index contributed by atoms with van der Waals surface area (Å²) in [6.07, 6.45) is 0. The molecule has 1 amide bonds. The highest BCUT2D eigenvalue weighted by atomic mass is 35.5. The van der Waals surface area contributed by atoms with E-state index in [1.54, 1.807) is 25.1 Å². The van der Waals surface area contributed by atoms with Gasteiger partial charge in [0, 0.05) is 6.04 Å². The molecule has 110 valence electrons. The molecule has 0 aliphatic rings. The summed E-state index contributed by atoms with van der Waals surface area (Å²) in [6, 6.07) is 14.2. The second-order valence-electron chi connectivity index (χ2n) is 4.81. The third-order valence-electron chi connectivity index (χ3n) is 3.35. The first-order chi connectivity index (χ1) is 10.0. The molecule has 2 unspecified atom stereocenters. The third-order valence-corrected chi connectivity index (χ3v) is 3.98. The molecule has 3 N–H and O–H groups in total. The normalized spacial score (nSPS) is 13.5. The Morgan fingerprint density at radius 1 is 1.05 bits per heavy atom. The number of rotatable bonds is 4. The Morgan fingerprint density at radius 2 is 1.62 bits per heavy atom. The molecule has 0 radical (unpaired) electrons. The molecule has 0 saturated heterocycles. The molecule has 5 heteroatoms. The Morgan fingerprint density at radius 3 is 2.19 bits per heavy atom. The maximum atomic E-state index is 12.3. The zero-order valence-electron chi connectivity index (χ0n) is 11.5. The molecule has 0 heterocycles. The van der Waals surface area contributed by atoms with Gasteiger partial charge in [-0.15, -0.1) is 0 Å². The average Bonchev–Trinajstić information content (AvgIpc) is 2.50. The summed E-state index contributed by atoms with van der Waals surface area (Å²) in [5.74, 6) is -0.638. The molecule has 0 aromatic heterocycles. The van der Waals surface area contributed by atoms with Crippen molar-refractivity contribution >= 4 is 34.8 Å². The second kappa shape index (κ2) is 6.94. The molecule has 0 saturated carbocycles. The number of anilines is 1. The van der Waals surface area contributed by atoms with E-state index in [-0.39, 0.29) is 5.91 Å². The molecule has 0 spiro atoms. The number of nitrogens with one attached hydrogen (secondary N) is 1. The van der Waals surface area contributed by atoms with Crippen LogP contribution in [0.2, 0.25) is 10.0 Å². The van der Waals surface area contributed by atoms with Crippen LogP contribution in [0.15, 0.2) is 48.5 Å². The SMILES string of the molecule is CC(C(=O)Nc1c(Cl)cccc1Cl)C(N)c1ccccc1. The predicted octanol–water partition coefficient (Wildman–Crippen LogP) is 4.27. The fourth-order valence-electron chi connectivity index (χ4n) is 1.98. The average molecular weight is 323 g/mol. The maximum absolute atomic E-state index is 12.3. The van der Waals surface area contributed by atoms with E-state index >= 15 is 0 Å². The lowest BCUT2D eigenvalue weighted by molar-refractivity contribution is -0.120. The molecule has 3 nitrogen and oxygen atoms in total. The van der Waals surface area contributed by atoms with E-state index in [1.807, 2.05) is 30.3 Å². The Hall–Kier alpha value is -1.55. The van der Waals surface area contributed by atoms with Gasteiger partial charge in [0.2, 0.25) is 5.91 Å². The minimum atomic E-state index is -0.417. The Kier molecular flexibility index (Phi) is 5.23. The Bertz CT molecular complexity index is 611.